The summed E-state index contributed by atoms with van der Waals surface area (Å²) in [6, 6.07) is 12.2. The molecule has 1 atom stereocenters. The molecule has 2 fully saturated rings. The van der Waals surface area contributed by atoms with E-state index in [-0.39, 0.29) is 11.9 Å². The van der Waals surface area contributed by atoms with Gasteiger partial charge < -0.3 is 30.7 Å². The maximum Gasteiger partial charge on any atom is 0.313 e. The van der Waals surface area contributed by atoms with Crippen molar-refractivity contribution in [1.82, 2.24) is 19.7 Å². The van der Waals surface area contributed by atoms with Crippen LogP contribution in [0.5, 0.6) is 0 Å². The maximum atomic E-state index is 12.5. The van der Waals surface area contributed by atoms with Gasteiger partial charge in [-0.05, 0) is 50.4 Å². The third-order valence-electron chi connectivity index (χ3n) is 7.28. The second kappa shape index (κ2) is 16.4. The molecule has 0 radical (unpaired) electrons. The average molecular weight is 600 g/mol. The van der Waals surface area contributed by atoms with Crippen LogP contribution in [0.1, 0.15) is 40.2 Å². The van der Waals surface area contributed by atoms with Crippen LogP contribution in [0.15, 0.2) is 42.6 Å². The quantitative estimate of drug-likeness (QED) is 0.367. The van der Waals surface area contributed by atoms with Crippen LogP contribution in [0.4, 0.5) is 17.2 Å². The number of para-hydroxylation sites is 1. The fourth-order valence-electron chi connectivity index (χ4n) is 4.78. The minimum Gasteiger partial charge on any atom is -0.383 e. The van der Waals surface area contributed by atoms with Crippen molar-refractivity contribution in [2.75, 3.05) is 75.1 Å². The summed E-state index contributed by atoms with van der Waals surface area (Å²) >= 11 is 3.53. The van der Waals surface area contributed by atoms with E-state index in [2.05, 4.69) is 70.1 Å². The van der Waals surface area contributed by atoms with E-state index in [1.807, 2.05) is 34.6 Å². The molecule has 10 nitrogen and oxygen atoms in total. The minimum atomic E-state index is -0.716. The van der Waals surface area contributed by atoms with E-state index < -0.39 is 17.2 Å². The van der Waals surface area contributed by atoms with Gasteiger partial charge in [0, 0.05) is 63.0 Å². The fourth-order valence-corrected chi connectivity index (χ4v) is 4.78. The zero-order valence-corrected chi connectivity index (χ0v) is 27.2. The lowest BCUT2D eigenvalue weighted by Gasteiger charge is -2.42. The van der Waals surface area contributed by atoms with Crippen molar-refractivity contribution in [3.8, 4) is 0 Å². The summed E-state index contributed by atoms with van der Waals surface area (Å²) in [4.78, 5) is 49.5. The standard InChI is InChI=1S/C19H29N5O3.C11H16N2.CH4S/c1-6-13-9-14(10-21-15(13)20)22-16(25)17(26)23-7-8-24(12(2)11-23)18(27)19(3,4)5;1-12-7-9-13(10-8-12)11-5-3-2-4-6-11;1-2/h9-10,12H,6-8,11H2,1-5H3,(H2,20,21)(H,22,25);2-6H,7-10H2,1H3;2H,1H3. The summed E-state index contributed by atoms with van der Waals surface area (Å²) in [5.41, 5.74) is 7.89. The molecule has 0 spiro atoms. The highest BCUT2D eigenvalue weighted by Crippen LogP contribution is 2.22. The molecule has 11 heteroatoms. The van der Waals surface area contributed by atoms with Crippen molar-refractivity contribution in [2.45, 2.75) is 47.1 Å². The summed E-state index contributed by atoms with van der Waals surface area (Å²) in [6.07, 6.45) is 3.81. The van der Waals surface area contributed by atoms with Crippen molar-refractivity contribution in [3.05, 3.63) is 48.2 Å². The van der Waals surface area contributed by atoms with Crippen LogP contribution < -0.4 is 16.0 Å². The fraction of sp³-hybridized carbons (Fsp3) is 0.548. The Morgan fingerprint density at radius 3 is 2.19 bits per heavy atom. The number of thiol groups is 1. The van der Waals surface area contributed by atoms with Gasteiger partial charge in [0.1, 0.15) is 5.82 Å². The molecule has 1 aromatic heterocycles. The summed E-state index contributed by atoms with van der Waals surface area (Å²) in [6.45, 7) is 15.2. The molecule has 0 bridgehead atoms. The van der Waals surface area contributed by atoms with E-state index in [4.69, 9.17) is 5.73 Å². The van der Waals surface area contributed by atoms with Crippen molar-refractivity contribution < 1.29 is 14.4 Å². The molecule has 2 saturated heterocycles. The number of hydrogen-bond acceptors (Lipinski definition) is 8. The first-order valence-electron chi connectivity index (χ1n) is 14.5. The Kier molecular flexibility index (Phi) is 13.6. The van der Waals surface area contributed by atoms with Gasteiger partial charge in [-0.15, -0.1) is 0 Å². The molecule has 1 aromatic carbocycles. The molecule has 3 N–H and O–H groups in total. The van der Waals surface area contributed by atoms with E-state index in [9.17, 15) is 14.4 Å². The number of carbonyl (C=O) groups excluding carboxylic acids is 3. The van der Waals surface area contributed by atoms with E-state index in [1.54, 1.807) is 17.2 Å². The lowest BCUT2D eigenvalue weighted by molar-refractivity contribution is -0.150. The van der Waals surface area contributed by atoms with Crippen LogP contribution in [0.25, 0.3) is 0 Å². The van der Waals surface area contributed by atoms with Crippen molar-refractivity contribution in [1.29, 1.82) is 0 Å². The van der Waals surface area contributed by atoms with Crippen LogP contribution in [0, 0.1) is 5.41 Å². The van der Waals surface area contributed by atoms with E-state index in [0.29, 0.717) is 37.6 Å². The summed E-state index contributed by atoms with van der Waals surface area (Å²) in [7, 11) is 2.18. The molecular formula is C31H49N7O3S. The smallest absolute Gasteiger partial charge is 0.313 e. The number of nitrogen functional groups attached to an aromatic ring is 1. The predicted molar refractivity (Wildman–Crippen MR) is 175 cm³/mol. The minimum absolute atomic E-state index is 0.0478. The molecule has 4 rings (SSSR count). The van der Waals surface area contributed by atoms with Gasteiger partial charge in [0.2, 0.25) is 5.91 Å². The zero-order chi connectivity index (χ0) is 31.4. The number of aromatic nitrogens is 1. The molecule has 1 unspecified atom stereocenters. The number of anilines is 3. The first kappa shape index (κ1) is 34.9. The Bertz CT molecular complexity index is 1160. The molecule has 2 aliphatic rings. The molecule has 3 heterocycles. The van der Waals surface area contributed by atoms with Gasteiger partial charge in [0.05, 0.1) is 11.9 Å². The SMILES string of the molecule is CCc1cc(NC(=O)C(=O)N2CCN(C(=O)C(C)(C)C)C(C)C2)cnc1N.CN1CCN(c2ccccc2)CC1.CS. The number of aryl methyl sites for hydroxylation is 1. The van der Waals surface area contributed by atoms with E-state index >= 15 is 0 Å². The molecule has 2 aliphatic heterocycles. The van der Waals surface area contributed by atoms with Gasteiger partial charge in [0.15, 0.2) is 0 Å². The number of benzene rings is 1. The molecule has 3 amide bonds. The van der Waals surface area contributed by atoms with Gasteiger partial charge in [-0.25, -0.2) is 4.98 Å². The molecule has 42 heavy (non-hydrogen) atoms. The second-order valence-corrected chi connectivity index (χ2v) is 11.6. The first-order chi connectivity index (χ1) is 19.9. The first-order valence-corrected chi connectivity index (χ1v) is 15.4. The number of nitrogens with one attached hydrogen (secondary N) is 1. The van der Waals surface area contributed by atoms with Crippen LogP contribution in [0.2, 0.25) is 0 Å². The van der Waals surface area contributed by atoms with Crippen molar-refractivity contribution >= 4 is 47.5 Å². The molecule has 232 valence electrons. The molecule has 0 aliphatic carbocycles. The number of piperazine rings is 2. The highest BCUT2D eigenvalue weighted by atomic mass is 32.1. The molecular weight excluding hydrogens is 550 g/mol. The van der Waals surface area contributed by atoms with Crippen LogP contribution in [-0.4, -0.2) is 103 Å². The van der Waals surface area contributed by atoms with E-state index in [1.165, 1.54) is 29.9 Å². The summed E-state index contributed by atoms with van der Waals surface area (Å²) in [5.74, 6) is -0.868. The van der Waals surface area contributed by atoms with Crippen LogP contribution >= 0.6 is 12.6 Å². The number of amides is 3. The normalized spacial score (nSPS) is 17.3. The predicted octanol–water partition coefficient (Wildman–Crippen LogP) is 3.25. The number of nitrogens with zero attached hydrogens (tertiary/aromatic N) is 5. The van der Waals surface area contributed by atoms with Gasteiger partial charge in [0.25, 0.3) is 0 Å². The molecule has 0 saturated carbocycles. The van der Waals surface area contributed by atoms with E-state index in [0.717, 1.165) is 18.7 Å². The van der Waals surface area contributed by atoms with Crippen LogP contribution in [-0.2, 0) is 20.8 Å². The Morgan fingerprint density at radius 1 is 1.02 bits per heavy atom. The van der Waals surface area contributed by atoms with Gasteiger partial charge in [-0.3, -0.25) is 14.4 Å². The number of likely N-dealkylation sites (N-methyl/N-ethyl adjacent to an activating group) is 1. The largest absolute Gasteiger partial charge is 0.383 e. The number of carbonyl (C=O) groups is 3. The summed E-state index contributed by atoms with van der Waals surface area (Å²) < 4.78 is 0. The Balaban J connectivity index is 0.000000340. The lowest BCUT2D eigenvalue weighted by Crippen LogP contribution is -2.58. The average Bonchev–Trinajstić information content (AvgIpc) is 2.99. The summed E-state index contributed by atoms with van der Waals surface area (Å²) in [5, 5.41) is 2.59. The topological polar surface area (TPSA) is 115 Å². The number of nitrogens with two attached hydrogens (primary N) is 1. The number of hydrogen-bond donors (Lipinski definition) is 3. The third-order valence-corrected chi connectivity index (χ3v) is 7.28. The highest BCUT2D eigenvalue weighted by molar-refractivity contribution is 7.79. The lowest BCUT2D eigenvalue weighted by atomic mass is 9.93. The molecule has 2 aromatic rings. The second-order valence-electron chi connectivity index (χ2n) is 11.6. The number of rotatable bonds is 3. The Hall–Kier alpha value is -3.31. The van der Waals surface area contributed by atoms with Gasteiger partial charge in [-0.2, -0.15) is 12.6 Å². The van der Waals surface area contributed by atoms with Crippen LogP contribution in [0.3, 0.4) is 0 Å². The zero-order valence-electron chi connectivity index (χ0n) is 26.3. The highest BCUT2D eigenvalue weighted by Gasteiger charge is 2.36. The maximum absolute atomic E-state index is 12.5. The Morgan fingerprint density at radius 2 is 1.64 bits per heavy atom. The monoisotopic (exact) mass is 599 g/mol. The van der Waals surface area contributed by atoms with Crippen molar-refractivity contribution in [2.24, 2.45) is 5.41 Å². The third kappa shape index (κ3) is 9.90. The number of pyridine rings is 1. The Labute approximate surface area is 257 Å². The van der Waals surface area contributed by atoms with Gasteiger partial charge in [-0.1, -0.05) is 45.9 Å². The van der Waals surface area contributed by atoms with Crippen molar-refractivity contribution in [3.63, 3.8) is 0 Å². The van der Waals surface area contributed by atoms with Gasteiger partial charge >= 0.3 is 11.8 Å².